The van der Waals surface area contributed by atoms with Gasteiger partial charge in [0.25, 0.3) is 0 Å². The number of nitrogens with zero attached hydrogens (tertiary/aromatic N) is 1. The fourth-order valence-corrected chi connectivity index (χ4v) is 1.58. The van der Waals surface area contributed by atoms with Crippen LogP contribution in [0, 0.1) is 11.3 Å². The van der Waals surface area contributed by atoms with Crippen LogP contribution in [0.3, 0.4) is 0 Å². The summed E-state index contributed by atoms with van der Waals surface area (Å²) in [5.41, 5.74) is 0.603. The molecule has 0 unspecified atom stereocenters. The van der Waals surface area contributed by atoms with Gasteiger partial charge in [0.2, 0.25) is 0 Å². The first kappa shape index (κ1) is 13.0. The maximum Gasteiger partial charge on any atom is 0.303 e. The highest BCUT2D eigenvalue weighted by molar-refractivity contribution is 5.67. The predicted octanol–water partition coefficient (Wildman–Crippen LogP) is 1.26. The van der Waals surface area contributed by atoms with E-state index in [1.54, 1.807) is 12.2 Å². The molecule has 0 saturated heterocycles. The molecule has 2 atom stereocenters. The van der Waals surface area contributed by atoms with E-state index in [1.807, 2.05) is 6.07 Å². The number of allylic oxidation sites excluding steroid dienone is 1. The van der Waals surface area contributed by atoms with Crippen molar-refractivity contribution < 1.29 is 19.1 Å². The highest BCUT2D eigenvalue weighted by Gasteiger charge is 2.25. The Labute approximate surface area is 99.3 Å². The van der Waals surface area contributed by atoms with Gasteiger partial charge in [0, 0.05) is 31.9 Å². The van der Waals surface area contributed by atoms with Crippen LogP contribution >= 0.6 is 0 Å². The molecular weight excluding hydrogens is 222 g/mol. The second kappa shape index (κ2) is 5.85. The third-order valence-corrected chi connectivity index (χ3v) is 2.18. The van der Waals surface area contributed by atoms with Gasteiger partial charge >= 0.3 is 11.9 Å². The molecule has 0 N–H and O–H groups in total. The summed E-state index contributed by atoms with van der Waals surface area (Å²) in [7, 11) is 0. The first-order valence-electron chi connectivity index (χ1n) is 5.15. The zero-order valence-electron chi connectivity index (χ0n) is 9.67. The Bertz CT molecular complexity index is 417. The van der Waals surface area contributed by atoms with Crippen molar-refractivity contribution in [3.8, 4) is 6.07 Å². The molecule has 0 spiro atoms. The molecule has 0 aliphatic heterocycles. The molecule has 0 aromatic rings. The van der Waals surface area contributed by atoms with Crippen LogP contribution in [0.15, 0.2) is 23.8 Å². The highest BCUT2D eigenvalue weighted by Crippen LogP contribution is 2.22. The minimum atomic E-state index is -0.540. The van der Waals surface area contributed by atoms with E-state index in [4.69, 9.17) is 14.7 Å². The topological polar surface area (TPSA) is 76.4 Å². The summed E-state index contributed by atoms with van der Waals surface area (Å²) in [5.74, 6) is -0.829. The summed E-state index contributed by atoms with van der Waals surface area (Å²) < 4.78 is 10.1. The van der Waals surface area contributed by atoms with E-state index in [0.717, 1.165) is 0 Å². The zero-order valence-corrected chi connectivity index (χ0v) is 9.67. The molecule has 17 heavy (non-hydrogen) atoms. The number of carbonyl (C=O) groups excluding carboxylic acids is 2. The first-order valence-corrected chi connectivity index (χ1v) is 5.15. The number of nitriles is 1. The Morgan fingerprint density at radius 2 is 2.06 bits per heavy atom. The molecule has 1 aliphatic carbocycles. The maximum absolute atomic E-state index is 10.9. The van der Waals surface area contributed by atoms with Gasteiger partial charge in [-0.05, 0) is 6.08 Å². The molecule has 90 valence electrons. The molecule has 0 radical (unpaired) electrons. The van der Waals surface area contributed by atoms with Crippen molar-refractivity contribution in [2.45, 2.75) is 32.5 Å². The molecule has 5 nitrogen and oxygen atoms in total. The normalized spacial score (nSPS) is 25.1. The van der Waals surface area contributed by atoms with E-state index in [2.05, 4.69) is 0 Å². The average molecular weight is 235 g/mol. The average Bonchev–Trinajstić information content (AvgIpc) is 2.20. The summed E-state index contributed by atoms with van der Waals surface area (Å²) in [4.78, 5) is 21.7. The van der Waals surface area contributed by atoms with Crippen molar-refractivity contribution in [3.63, 3.8) is 0 Å². The van der Waals surface area contributed by atoms with Crippen molar-refractivity contribution in [3.05, 3.63) is 23.8 Å². The van der Waals surface area contributed by atoms with Crippen LogP contribution in [-0.4, -0.2) is 24.1 Å². The first-order chi connectivity index (χ1) is 8.02. The van der Waals surface area contributed by atoms with E-state index in [0.29, 0.717) is 12.0 Å². The number of hydrogen-bond acceptors (Lipinski definition) is 5. The SMILES string of the molecule is CC(=O)O[C@@H]1C=C/C(=C/C#N)[C@H](OC(C)=O)C1. The van der Waals surface area contributed by atoms with E-state index >= 15 is 0 Å². The standard InChI is InChI=1S/C12H13NO4/c1-8(14)16-11-4-3-10(5-6-13)12(7-11)17-9(2)15/h3-5,11-12H,7H2,1-2H3/b10-5-/t11-,12-/m1/s1. The lowest BCUT2D eigenvalue weighted by molar-refractivity contribution is -0.149. The molecule has 5 heteroatoms. The molecular formula is C12H13NO4. The van der Waals surface area contributed by atoms with Crippen LogP contribution in [0.5, 0.6) is 0 Å². The summed E-state index contributed by atoms with van der Waals surface area (Å²) in [6, 6.07) is 1.88. The number of ether oxygens (including phenoxy) is 2. The smallest absolute Gasteiger partial charge is 0.303 e. The quantitative estimate of drug-likeness (QED) is 0.532. The number of esters is 2. The lowest BCUT2D eigenvalue weighted by atomic mass is 9.96. The van der Waals surface area contributed by atoms with Crippen molar-refractivity contribution >= 4 is 11.9 Å². The van der Waals surface area contributed by atoms with Crippen LogP contribution in [0.1, 0.15) is 20.3 Å². The van der Waals surface area contributed by atoms with Crippen LogP contribution < -0.4 is 0 Å². The monoisotopic (exact) mass is 235 g/mol. The van der Waals surface area contributed by atoms with Crippen molar-refractivity contribution in [1.29, 1.82) is 5.26 Å². The lowest BCUT2D eigenvalue weighted by Crippen LogP contribution is -2.29. The third kappa shape index (κ3) is 4.11. The molecule has 0 aromatic carbocycles. The fraction of sp³-hybridized carbons (Fsp3) is 0.417. The van der Waals surface area contributed by atoms with Gasteiger partial charge < -0.3 is 9.47 Å². The molecule has 0 fully saturated rings. The zero-order chi connectivity index (χ0) is 12.8. The molecule has 0 heterocycles. The molecule has 0 aromatic heterocycles. The van der Waals surface area contributed by atoms with Gasteiger partial charge in [-0.3, -0.25) is 9.59 Å². The van der Waals surface area contributed by atoms with E-state index < -0.39 is 24.1 Å². The summed E-state index contributed by atoms with van der Waals surface area (Å²) >= 11 is 0. The van der Waals surface area contributed by atoms with Gasteiger partial charge in [-0.25, -0.2) is 0 Å². The van der Waals surface area contributed by atoms with Gasteiger partial charge in [-0.15, -0.1) is 0 Å². The van der Waals surface area contributed by atoms with E-state index in [-0.39, 0.29) is 0 Å². The Balaban J connectivity index is 2.81. The summed E-state index contributed by atoms with van der Waals surface area (Å²) in [6.45, 7) is 2.61. The third-order valence-electron chi connectivity index (χ3n) is 2.18. The van der Waals surface area contributed by atoms with E-state index in [9.17, 15) is 9.59 Å². The van der Waals surface area contributed by atoms with Gasteiger partial charge in [-0.1, -0.05) is 6.08 Å². The van der Waals surface area contributed by atoms with Gasteiger partial charge in [0.1, 0.15) is 12.2 Å². The predicted molar refractivity (Wildman–Crippen MR) is 58.6 cm³/mol. The molecule has 0 bridgehead atoms. The Hall–Kier alpha value is -2.09. The number of rotatable bonds is 2. The molecule has 1 aliphatic rings. The van der Waals surface area contributed by atoms with Crippen LogP contribution in [0.2, 0.25) is 0 Å². The van der Waals surface area contributed by atoms with Crippen LogP contribution in [-0.2, 0) is 19.1 Å². The molecule has 1 rings (SSSR count). The Morgan fingerprint density at radius 3 is 2.59 bits per heavy atom. The summed E-state index contributed by atoms with van der Waals surface area (Å²) in [6.07, 6.45) is 3.99. The summed E-state index contributed by atoms with van der Waals surface area (Å²) in [5, 5.41) is 8.60. The van der Waals surface area contributed by atoms with Crippen molar-refractivity contribution in [1.82, 2.24) is 0 Å². The highest BCUT2D eigenvalue weighted by atomic mass is 16.6. The molecule has 0 saturated carbocycles. The lowest BCUT2D eigenvalue weighted by Gasteiger charge is -2.25. The molecule has 0 amide bonds. The number of carbonyl (C=O) groups is 2. The minimum Gasteiger partial charge on any atom is -0.458 e. The van der Waals surface area contributed by atoms with Crippen molar-refractivity contribution in [2.75, 3.05) is 0 Å². The number of hydrogen-bond donors (Lipinski definition) is 0. The van der Waals surface area contributed by atoms with Crippen molar-refractivity contribution in [2.24, 2.45) is 0 Å². The van der Waals surface area contributed by atoms with Crippen LogP contribution in [0.25, 0.3) is 0 Å². The van der Waals surface area contributed by atoms with Crippen LogP contribution in [0.4, 0.5) is 0 Å². The van der Waals surface area contributed by atoms with Gasteiger partial charge in [0.05, 0.1) is 6.07 Å². The minimum absolute atomic E-state index is 0.336. The van der Waals surface area contributed by atoms with Gasteiger partial charge in [-0.2, -0.15) is 5.26 Å². The van der Waals surface area contributed by atoms with Gasteiger partial charge in [0.15, 0.2) is 0 Å². The largest absolute Gasteiger partial charge is 0.458 e. The Kier molecular flexibility index (Phi) is 4.46. The second-order valence-corrected chi connectivity index (χ2v) is 3.61. The fourth-order valence-electron chi connectivity index (χ4n) is 1.58. The maximum atomic E-state index is 10.9. The second-order valence-electron chi connectivity index (χ2n) is 3.61. The Morgan fingerprint density at radius 1 is 1.41 bits per heavy atom. The van der Waals surface area contributed by atoms with E-state index in [1.165, 1.54) is 19.9 Å².